The second-order valence-electron chi connectivity index (χ2n) is 13.7. The van der Waals surface area contributed by atoms with E-state index in [9.17, 15) is 0 Å². The quantitative estimate of drug-likeness (QED) is 0.161. The Morgan fingerprint density at radius 1 is 0.451 bits per heavy atom. The SMILES string of the molecule is CCC(c1ccc2ccccc2c1)c1ccccc1-c1cc(-c2ccc3c(c2)c2ccccc2n3-c2ccccc2-c2ccccc2)ccc1C. The summed E-state index contributed by atoms with van der Waals surface area (Å²) in [4.78, 5) is 0. The fourth-order valence-corrected chi connectivity index (χ4v) is 8.14. The molecule has 244 valence electrons. The summed E-state index contributed by atoms with van der Waals surface area (Å²) < 4.78 is 2.44. The summed E-state index contributed by atoms with van der Waals surface area (Å²) in [6, 6.07) is 66.9. The minimum Gasteiger partial charge on any atom is -0.309 e. The van der Waals surface area contributed by atoms with Crippen molar-refractivity contribution < 1.29 is 0 Å². The van der Waals surface area contributed by atoms with Gasteiger partial charge in [-0.05, 0) is 99.0 Å². The van der Waals surface area contributed by atoms with Crippen LogP contribution in [0.1, 0.15) is 36.0 Å². The van der Waals surface area contributed by atoms with E-state index >= 15 is 0 Å². The topological polar surface area (TPSA) is 4.93 Å². The molecule has 1 unspecified atom stereocenters. The van der Waals surface area contributed by atoms with Crippen molar-refractivity contribution in [2.24, 2.45) is 0 Å². The van der Waals surface area contributed by atoms with Crippen LogP contribution >= 0.6 is 0 Å². The van der Waals surface area contributed by atoms with Crippen molar-refractivity contribution in [2.45, 2.75) is 26.2 Å². The average Bonchev–Trinajstić information content (AvgIpc) is 3.52. The summed E-state index contributed by atoms with van der Waals surface area (Å²) in [5, 5.41) is 5.10. The van der Waals surface area contributed by atoms with Crippen molar-refractivity contribution >= 4 is 32.6 Å². The lowest BCUT2D eigenvalue weighted by Crippen LogP contribution is -2.03. The number of aromatic nitrogens is 1. The number of para-hydroxylation sites is 2. The van der Waals surface area contributed by atoms with Gasteiger partial charge in [0, 0.05) is 22.3 Å². The van der Waals surface area contributed by atoms with Gasteiger partial charge in [-0.3, -0.25) is 0 Å². The zero-order valence-electron chi connectivity index (χ0n) is 29.1. The molecule has 0 radical (unpaired) electrons. The first-order valence-corrected chi connectivity index (χ1v) is 18.0. The van der Waals surface area contributed by atoms with Crippen LogP contribution in [0.4, 0.5) is 0 Å². The second kappa shape index (κ2) is 12.9. The maximum Gasteiger partial charge on any atom is 0.0541 e. The molecule has 0 bridgehead atoms. The highest BCUT2D eigenvalue weighted by molar-refractivity contribution is 6.11. The van der Waals surface area contributed by atoms with Gasteiger partial charge in [-0.25, -0.2) is 0 Å². The van der Waals surface area contributed by atoms with E-state index < -0.39 is 0 Å². The van der Waals surface area contributed by atoms with E-state index in [2.05, 4.69) is 200 Å². The van der Waals surface area contributed by atoms with E-state index in [4.69, 9.17) is 0 Å². The van der Waals surface area contributed by atoms with Crippen LogP contribution in [0.5, 0.6) is 0 Å². The highest BCUT2D eigenvalue weighted by Gasteiger charge is 2.20. The van der Waals surface area contributed by atoms with Gasteiger partial charge in [0.15, 0.2) is 0 Å². The van der Waals surface area contributed by atoms with Gasteiger partial charge in [-0.1, -0.05) is 159 Å². The van der Waals surface area contributed by atoms with E-state index in [1.165, 1.54) is 88.3 Å². The minimum absolute atomic E-state index is 0.301. The Hall–Kier alpha value is -6.18. The van der Waals surface area contributed by atoms with Crippen molar-refractivity contribution in [3.8, 4) is 39.1 Å². The van der Waals surface area contributed by atoms with Crippen molar-refractivity contribution in [3.05, 3.63) is 199 Å². The molecule has 9 aromatic rings. The number of nitrogens with zero attached hydrogens (tertiary/aromatic N) is 1. The third-order valence-electron chi connectivity index (χ3n) is 10.7. The molecule has 0 saturated carbocycles. The molecular weight excluding hydrogens is 615 g/mol. The van der Waals surface area contributed by atoms with Crippen molar-refractivity contribution in [3.63, 3.8) is 0 Å². The number of hydrogen-bond donors (Lipinski definition) is 0. The Balaban J connectivity index is 1.17. The van der Waals surface area contributed by atoms with Crippen LogP contribution < -0.4 is 0 Å². The van der Waals surface area contributed by atoms with Crippen molar-refractivity contribution in [1.29, 1.82) is 0 Å². The molecule has 51 heavy (non-hydrogen) atoms. The van der Waals surface area contributed by atoms with E-state index in [1.807, 2.05) is 0 Å². The van der Waals surface area contributed by atoms with Gasteiger partial charge in [0.1, 0.15) is 0 Å². The maximum absolute atomic E-state index is 2.44. The van der Waals surface area contributed by atoms with Crippen LogP contribution in [-0.2, 0) is 0 Å². The third-order valence-corrected chi connectivity index (χ3v) is 10.7. The van der Waals surface area contributed by atoms with E-state index in [-0.39, 0.29) is 0 Å². The van der Waals surface area contributed by atoms with Crippen molar-refractivity contribution in [1.82, 2.24) is 4.57 Å². The van der Waals surface area contributed by atoms with Crippen LogP contribution in [-0.4, -0.2) is 4.57 Å². The van der Waals surface area contributed by atoms with Crippen LogP contribution in [0.15, 0.2) is 182 Å². The van der Waals surface area contributed by atoms with E-state index in [1.54, 1.807) is 0 Å². The molecular formula is C50H39N. The van der Waals surface area contributed by atoms with Crippen LogP contribution in [0.25, 0.3) is 71.6 Å². The number of rotatable bonds is 7. The summed E-state index contributed by atoms with van der Waals surface area (Å²) in [6.07, 6.45) is 1.03. The summed E-state index contributed by atoms with van der Waals surface area (Å²) in [5.41, 5.74) is 15.1. The van der Waals surface area contributed by atoms with Crippen LogP contribution in [0, 0.1) is 6.92 Å². The monoisotopic (exact) mass is 653 g/mol. The standard InChI is InChI=1S/C50H39N/c1-3-41(40-28-27-35-15-7-8-18-37(35)31-40)43-20-9-10-21-44(43)46-32-38(26-25-34(46)2)39-29-30-50-47(33-39)45-22-12-14-24-49(45)51(50)48-23-13-11-19-42(48)36-16-5-4-6-17-36/h4-33,41H,3H2,1-2H3. The zero-order valence-corrected chi connectivity index (χ0v) is 29.1. The molecule has 1 heterocycles. The van der Waals surface area contributed by atoms with Crippen molar-refractivity contribution in [2.75, 3.05) is 0 Å². The lowest BCUT2D eigenvalue weighted by Gasteiger charge is -2.22. The van der Waals surface area contributed by atoms with Gasteiger partial charge in [0.05, 0.1) is 16.7 Å². The molecule has 8 aromatic carbocycles. The second-order valence-corrected chi connectivity index (χ2v) is 13.7. The van der Waals surface area contributed by atoms with E-state index in [0.717, 1.165) is 6.42 Å². The molecule has 1 atom stereocenters. The Kier molecular flexibility index (Phi) is 7.82. The van der Waals surface area contributed by atoms with Crippen LogP contribution in [0.2, 0.25) is 0 Å². The molecule has 0 saturated heterocycles. The molecule has 1 nitrogen and oxygen atoms in total. The normalized spacial score (nSPS) is 12.1. The first-order valence-electron chi connectivity index (χ1n) is 18.0. The third kappa shape index (κ3) is 5.43. The first kappa shape index (κ1) is 30.8. The number of fused-ring (bicyclic) bond motifs is 4. The first-order chi connectivity index (χ1) is 25.2. The van der Waals surface area contributed by atoms with Gasteiger partial charge in [0.2, 0.25) is 0 Å². The lowest BCUT2D eigenvalue weighted by molar-refractivity contribution is 0.780. The predicted molar refractivity (Wildman–Crippen MR) is 218 cm³/mol. The Bertz CT molecular complexity index is 2690. The Morgan fingerprint density at radius 2 is 1.12 bits per heavy atom. The maximum atomic E-state index is 2.44. The number of hydrogen-bond acceptors (Lipinski definition) is 0. The molecule has 0 amide bonds. The minimum atomic E-state index is 0.301. The van der Waals surface area contributed by atoms with Gasteiger partial charge in [-0.2, -0.15) is 0 Å². The van der Waals surface area contributed by atoms with Gasteiger partial charge >= 0.3 is 0 Å². The molecule has 0 fully saturated rings. The Morgan fingerprint density at radius 3 is 1.98 bits per heavy atom. The fraction of sp³-hybridized carbons (Fsp3) is 0.0800. The molecule has 9 rings (SSSR count). The largest absolute Gasteiger partial charge is 0.309 e. The number of aryl methyl sites for hydroxylation is 1. The fourth-order valence-electron chi connectivity index (χ4n) is 8.14. The van der Waals surface area contributed by atoms with E-state index in [0.29, 0.717) is 5.92 Å². The smallest absolute Gasteiger partial charge is 0.0541 e. The summed E-state index contributed by atoms with van der Waals surface area (Å²) >= 11 is 0. The predicted octanol–water partition coefficient (Wildman–Crippen LogP) is 13.8. The van der Waals surface area contributed by atoms with Gasteiger partial charge < -0.3 is 4.57 Å². The summed E-state index contributed by atoms with van der Waals surface area (Å²) in [7, 11) is 0. The highest BCUT2D eigenvalue weighted by atomic mass is 15.0. The molecule has 1 heteroatoms. The van der Waals surface area contributed by atoms with Gasteiger partial charge in [-0.15, -0.1) is 0 Å². The number of benzene rings is 8. The van der Waals surface area contributed by atoms with Gasteiger partial charge in [0.25, 0.3) is 0 Å². The summed E-state index contributed by atoms with van der Waals surface area (Å²) in [6.45, 7) is 4.55. The highest BCUT2D eigenvalue weighted by Crippen LogP contribution is 2.41. The summed E-state index contributed by atoms with van der Waals surface area (Å²) in [5.74, 6) is 0.301. The molecule has 0 aliphatic carbocycles. The molecule has 1 aromatic heterocycles. The average molecular weight is 654 g/mol. The molecule has 0 N–H and O–H groups in total. The molecule has 0 spiro atoms. The zero-order chi connectivity index (χ0) is 34.3. The molecule has 0 aliphatic heterocycles. The lowest BCUT2D eigenvalue weighted by atomic mass is 9.82. The molecule has 0 aliphatic rings. The Labute approximate surface area is 300 Å². The van der Waals surface area contributed by atoms with Crippen LogP contribution in [0.3, 0.4) is 0 Å².